The molecular formula is C28H23N3O. The number of hydrogen-bond donors (Lipinski definition) is 0. The highest BCUT2D eigenvalue weighted by atomic mass is 16.2. The first-order valence-electron chi connectivity index (χ1n) is 10.8. The van der Waals surface area contributed by atoms with Crippen molar-refractivity contribution in [3.05, 3.63) is 120 Å². The van der Waals surface area contributed by atoms with Crippen LogP contribution in [0.25, 0.3) is 21.8 Å². The number of carbonyl (C=O) groups is 1. The van der Waals surface area contributed by atoms with Gasteiger partial charge in [-0.15, -0.1) is 0 Å². The molecule has 5 aromatic rings. The maximum absolute atomic E-state index is 13.5. The van der Waals surface area contributed by atoms with Crippen LogP contribution in [0.3, 0.4) is 0 Å². The van der Waals surface area contributed by atoms with Crippen LogP contribution in [-0.2, 0) is 13.0 Å². The summed E-state index contributed by atoms with van der Waals surface area (Å²) >= 11 is 0. The zero-order valence-electron chi connectivity index (χ0n) is 17.7. The van der Waals surface area contributed by atoms with Crippen LogP contribution in [0.15, 0.2) is 103 Å². The molecule has 0 spiro atoms. The molecule has 0 saturated heterocycles. The third-order valence-corrected chi connectivity index (χ3v) is 5.66. The maximum Gasteiger partial charge on any atom is 0.255 e. The van der Waals surface area contributed by atoms with Crippen molar-refractivity contribution in [2.45, 2.75) is 13.0 Å². The van der Waals surface area contributed by atoms with E-state index in [4.69, 9.17) is 0 Å². The van der Waals surface area contributed by atoms with Gasteiger partial charge in [-0.25, -0.2) is 0 Å². The topological polar surface area (TPSA) is 46.1 Å². The third-order valence-electron chi connectivity index (χ3n) is 5.66. The van der Waals surface area contributed by atoms with Gasteiger partial charge in [0, 0.05) is 36.3 Å². The Morgan fingerprint density at radius 3 is 2.06 bits per heavy atom. The van der Waals surface area contributed by atoms with Crippen LogP contribution in [0.4, 0.5) is 0 Å². The lowest BCUT2D eigenvalue weighted by atomic mass is 10.1. The minimum Gasteiger partial charge on any atom is -0.334 e. The summed E-state index contributed by atoms with van der Waals surface area (Å²) in [5, 5.41) is 2.04. The van der Waals surface area contributed by atoms with Crippen molar-refractivity contribution in [2.24, 2.45) is 0 Å². The largest absolute Gasteiger partial charge is 0.334 e. The van der Waals surface area contributed by atoms with E-state index in [0.717, 1.165) is 33.8 Å². The molecule has 4 heteroatoms. The quantitative estimate of drug-likeness (QED) is 0.358. The normalized spacial score (nSPS) is 11.0. The van der Waals surface area contributed by atoms with Gasteiger partial charge >= 0.3 is 0 Å². The molecule has 0 aliphatic heterocycles. The highest BCUT2D eigenvalue weighted by molar-refractivity contribution is 5.97. The first kappa shape index (κ1) is 19.9. The van der Waals surface area contributed by atoms with E-state index in [1.807, 2.05) is 77.8 Å². The van der Waals surface area contributed by atoms with Crippen molar-refractivity contribution in [2.75, 3.05) is 6.54 Å². The van der Waals surface area contributed by atoms with Gasteiger partial charge in [0.15, 0.2) is 0 Å². The van der Waals surface area contributed by atoms with Crippen molar-refractivity contribution >= 4 is 27.7 Å². The average molecular weight is 418 g/mol. The molecule has 0 atom stereocenters. The number of para-hydroxylation sites is 2. The van der Waals surface area contributed by atoms with Crippen LogP contribution in [0.2, 0.25) is 0 Å². The van der Waals surface area contributed by atoms with Gasteiger partial charge in [-0.2, -0.15) is 0 Å². The summed E-state index contributed by atoms with van der Waals surface area (Å²) < 4.78 is 0. The molecule has 5 rings (SSSR count). The molecule has 0 N–H and O–H groups in total. The fourth-order valence-electron chi connectivity index (χ4n) is 3.96. The summed E-state index contributed by atoms with van der Waals surface area (Å²) in [5.74, 6) is -0.0210. The number of amides is 1. The van der Waals surface area contributed by atoms with Crippen LogP contribution in [0.5, 0.6) is 0 Å². The van der Waals surface area contributed by atoms with Gasteiger partial charge in [0.25, 0.3) is 5.91 Å². The molecule has 156 valence electrons. The predicted octanol–water partition coefficient (Wildman–Crippen LogP) is 5.67. The Morgan fingerprint density at radius 1 is 0.688 bits per heavy atom. The van der Waals surface area contributed by atoms with E-state index in [9.17, 15) is 4.79 Å². The van der Waals surface area contributed by atoms with Crippen LogP contribution in [0.1, 0.15) is 21.5 Å². The van der Waals surface area contributed by atoms with Crippen LogP contribution >= 0.6 is 0 Å². The SMILES string of the molecule is O=C(c1cnc2ccccc2c1)N(CCc1ccccc1)Cc1cnc2ccccc2c1. The third kappa shape index (κ3) is 4.35. The number of aromatic nitrogens is 2. The molecule has 2 heterocycles. The predicted molar refractivity (Wildman–Crippen MR) is 128 cm³/mol. The first-order chi connectivity index (χ1) is 15.8. The molecule has 0 unspecified atom stereocenters. The molecule has 0 radical (unpaired) electrons. The number of carbonyl (C=O) groups excluding carboxylic acids is 1. The number of hydrogen-bond acceptors (Lipinski definition) is 3. The van der Waals surface area contributed by atoms with Gasteiger partial charge in [-0.05, 0) is 41.8 Å². The van der Waals surface area contributed by atoms with Gasteiger partial charge in [-0.3, -0.25) is 14.8 Å². The zero-order chi connectivity index (χ0) is 21.8. The van der Waals surface area contributed by atoms with Crippen molar-refractivity contribution in [1.82, 2.24) is 14.9 Å². The number of fused-ring (bicyclic) bond motifs is 2. The van der Waals surface area contributed by atoms with E-state index in [1.165, 1.54) is 5.56 Å². The lowest BCUT2D eigenvalue weighted by Crippen LogP contribution is -2.32. The molecule has 1 amide bonds. The second-order valence-electron chi connectivity index (χ2n) is 7.92. The summed E-state index contributed by atoms with van der Waals surface area (Å²) in [4.78, 5) is 24.5. The van der Waals surface area contributed by atoms with E-state index in [1.54, 1.807) is 6.20 Å². The molecule has 0 bridgehead atoms. The Morgan fingerprint density at radius 2 is 1.31 bits per heavy atom. The second kappa shape index (κ2) is 8.98. The van der Waals surface area contributed by atoms with E-state index >= 15 is 0 Å². The summed E-state index contributed by atoms with van der Waals surface area (Å²) in [6, 6.07) is 30.2. The highest BCUT2D eigenvalue weighted by Crippen LogP contribution is 2.18. The standard InChI is InChI=1S/C28H23N3O/c32-28(25-17-24-11-5-7-13-27(24)30-19-25)31(15-14-21-8-2-1-3-9-21)20-22-16-23-10-4-6-12-26(23)29-18-22/h1-13,16-19H,14-15,20H2. The molecule has 0 saturated carbocycles. The smallest absolute Gasteiger partial charge is 0.255 e. The van der Waals surface area contributed by atoms with Crippen molar-refractivity contribution in [1.29, 1.82) is 0 Å². The molecule has 3 aromatic carbocycles. The van der Waals surface area contributed by atoms with Gasteiger partial charge in [0.1, 0.15) is 0 Å². The Hall–Kier alpha value is -4.05. The maximum atomic E-state index is 13.5. The van der Waals surface area contributed by atoms with E-state index in [2.05, 4.69) is 34.2 Å². The minimum atomic E-state index is -0.0210. The van der Waals surface area contributed by atoms with Crippen LogP contribution in [-0.4, -0.2) is 27.3 Å². The first-order valence-corrected chi connectivity index (χ1v) is 10.8. The average Bonchev–Trinajstić information content (AvgIpc) is 2.86. The van der Waals surface area contributed by atoms with E-state index in [0.29, 0.717) is 18.7 Å². The lowest BCUT2D eigenvalue weighted by Gasteiger charge is -2.23. The number of rotatable bonds is 6. The summed E-state index contributed by atoms with van der Waals surface area (Å²) in [6.45, 7) is 1.11. The highest BCUT2D eigenvalue weighted by Gasteiger charge is 2.18. The summed E-state index contributed by atoms with van der Waals surface area (Å²) in [5.41, 5.74) is 4.67. The van der Waals surface area contributed by atoms with Gasteiger partial charge < -0.3 is 4.90 Å². The number of nitrogens with zero attached hydrogens (tertiary/aromatic N) is 3. The van der Waals surface area contributed by atoms with Crippen LogP contribution in [0, 0.1) is 0 Å². The second-order valence-corrected chi connectivity index (χ2v) is 7.92. The molecule has 2 aromatic heterocycles. The van der Waals surface area contributed by atoms with Crippen LogP contribution < -0.4 is 0 Å². The molecular weight excluding hydrogens is 394 g/mol. The number of benzene rings is 3. The number of pyridine rings is 2. The minimum absolute atomic E-state index is 0.0210. The fraction of sp³-hybridized carbons (Fsp3) is 0.107. The molecule has 0 aliphatic rings. The summed E-state index contributed by atoms with van der Waals surface area (Å²) in [6.07, 6.45) is 4.33. The Labute approximate surface area is 187 Å². The molecule has 32 heavy (non-hydrogen) atoms. The Kier molecular flexibility index (Phi) is 5.58. The monoisotopic (exact) mass is 417 g/mol. The molecule has 4 nitrogen and oxygen atoms in total. The van der Waals surface area contributed by atoms with Crippen molar-refractivity contribution in [3.63, 3.8) is 0 Å². The fourth-order valence-corrected chi connectivity index (χ4v) is 3.96. The molecule has 0 fully saturated rings. The lowest BCUT2D eigenvalue weighted by molar-refractivity contribution is 0.0745. The van der Waals surface area contributed by atoms with E-state index in [-0.39, 0.29) is 5.91 Å². The summed E-state index contributed by atoms with van der Waals surface area (Å²) in [7, 11) is 0. The van der Waals surface area contributed by atoms with Crippen molar-refractivity contribution in [3.8, 4) is 0 Å². The Balaban J connectivity index is 1.44. The van der Waals surface area contributed by atoms with Gasteiger partial charge in [-0.1, -0.05) is 66.7 Å². The Bertz CT molecular complexity index is 1380. The van der Waals surface area contributed by atoms with Gasteiger partial charge in [0.2, 0.25) is 0 Å². The zero-order valence-corrected chi connectivity index (χ0v) is 17.7. The van der Waals surface area contributed by atoms with E-state index < -0.39 is 0 Å². The van der Waals surface area contributed by atoms with Crippen molar-refractivity contribution < 1.29 is 4.79 Å². The van der Waals surface area contributed by atoms with Gasteiger partial charge in [0.05, 0.1) is 16.6 Å². The molecule has 0 aliphatic carbocycles.